The van der Waals surface area contributed by atoms with Crippen molar-refractivity contribution in [3.63, 3.8) is 0 Å². The molecule has 0 aromatic heterocycles. The number of carbonyl (C=O) groups excluding carboxylic acids is 3. The molecule has 150 valence electrons. The summed E-state index contributed by atoms with van der Waals surface area (Å²) in [5.41, 5.74) is 5.77. The highest BCUT2D eigenvalue weighted by Gasteiger charge is 2.25. The van der Waals surface area contributed by atoms with E-state index in [1.165, 1.54) is 11.8 Å². The monoisotopic (exact) mass is 392 g/mol. The number of hydrogen-bond donors (Lipinski definition) is 6. The number of nitrogens with two attached hydrogens (primary N) is 1. The number of carboxylic acids is 1. The smallest absolute Gasteiger partial charge is 0.328 e. The van der Waals surface area contributed by atoms with Gasteiger partial charge in [-0.25, -0.2) is 4.79 Å². The van der Waals surface area contributed by atoms with Gasteiger partial charge in [-0.15, -0.1) is 0 Å². The zero-order chi connectivity index (χ0) is 20.3. The highest BCUT2D eigenvalue weighted by atomic mass is 32.2. The Bertz CT molecular complexity index is 503. The summed E-state index contributed by atoms with van der Waals surface area (Å²) < 4.78 is 0. The van der Waals surface area contributed by atoms with Crippen LogP contribution in [0.2, 0.25) is 0 Å². The van der Waals surface area contributed by atoms with E-state index in [4.69, 9.17) is 15.9 Å². The zero-order valence-corrected chi connectivity index (χ0v) is 16.0. The van der Waals surface area contributed by atoms with Crippen LogP contribution in [-0.2, 0) is 19.2 Å². The Labute approximate surface area is 156 Å². The van der Waals surface area contributed by atoms with E-state index in [0.29, 0.717) is 12.2 Å². The minimum absolute atomic E-state index is 0.100. The second kappa shape index (κ2) is 12.5. The first-order valence-electron chi connectivity index (χ1n) is 8.09. The molecule has 0 radical (unpaired) electrons. The molecule has 7 N–H and O–H groups in total. The van der Waals surface area contributed by atoms with Crippen molar-refractivity contribution in [2.24, 2.45) is 11.7 Å². The Morgan fingerprint density at radius 1 is 1.08 bits per heavy atom. The number of aliphatic hydroxyl groups is 1. The Morgan fingerprint density at radius 2 is 1.69 bits per heavy atom. The second-order valence-corrected chi connectivity index (χ2v) is 6.96. The van der Waals surface area contributed by atoms with Crippen LogP contribution >= 0.6 is 11.8 Å². The number of aliphatic carboxylic acids is 1. The minimum Gasteiger partial charge on any atom is -0.480 e. The van der Waals surface area contributed by atoms with Crippen molar-refractivity contribution >= 4 is 35.5 Å². The van der Waals surface area contributed by atoms with Gasteiger partial charge in [0, 0.05) is 0 Å². The molecule has 0 aromatic rings. The predicted octanol–water partition coefficient (Wildman–Crippen LogP) is -2.11. The molecule has 11 heteroatoms. The molecule has 0 bridgehead atoms. The first-order chi connectivity index (χ1) is 12.1. The maximum Gasteiger partial charge on any atom is 0.328 e. The fourth-order valence-electron chi connectivity index (χ4n) is 1.80. The average molecular weight is 392 g/mol. The van der Waals surface area contributed by atoms with Crippen molar-refractivity contribution < 1.29 is 29.4 Å². The largest absolute Gasteiger partial charge is 0.480 e. The summed E-state index contributed by atoms with van der Waals surface area (Å²) in [4.78, 5) is 46.7. The summed E-state index contributed by atoms with van der Waals surface area (Å²) in [7, 11) is 0. The standard InChI is InChI=1S/C15H28N4O6S/c1-8(2)12(16)14(23)19-9(4-5-26-3)13(22)17-6-11(21)18-10(7-20)15(24)25/h8-10,12,20H,4-7,16H2,1-3H3,(H,17,22)(H,18,21)(H,19,23)(H,24,25). The van der Waals surface area contributed by atoms with Gasteiger partial charge < -0.3 is 31.9 Å². The molecule has 0 aliphatic heterocycles. The summed E-state index contributed by atoms with van der Waals surface area (Å²) in [6.45, 7) is 2.32. The van der Waals surface area contributed by atoms with Crippen LogP contribution in [0.1, 0.15) is 20.3 Å². The van der Waals surface area contributed by atoms with Crippen LogP contribution in [0.3, 0.4) is 0 Å². The van der Waals surface area contributed by atoms with Gasteiger partial charge in [-0.3, -0.25) is 14.4 Å². The fraction of sp³-hybridized carbons (Fsp3) is 0.733. The van der Waals surface area contributed by atoms with Gasteiger partial charge in [-0.1, -0.05) is 13.8 Å². The van der Waals surface area contributed by atoms with Crippen molar-refractivity contribution in [3.05, 3.63) is 0 Å². The first kappa shape index (κ1) is 24.1. The molecule has 0 aromatic carbocycles. The van der Waals surface area contributed by atoms with Crippen molar-refractivity contribution in [1.29, 1.82) is 0 Å². The Morgan fingerprint density at radius 3 is 2.15 bits per heavy atom. The number of thioether (sulfide) groups is 1. The number of amides is 3. The quantitative estimate of drug-likeness (QED) is 0.219. The zero-order valence-electron chi connectivity index (χ0n) is 15.2. The summed E-state index contributed by atoms with van der Waals surface area (Å²) in [5, 5.41) is 24.6. The molecule has 10 nitrogen and oxygen atoms in total. The van der Waals surface area contributed by atoms with E-state index >= 15 is 0 Å². The fourth-order valence-corrected chi connectivity index (χ4v) is 2.27. The Balaban J connectivity index is 4.70. The SMILES string of the molecule is CSCCC(NC(=O)C(N)C(C)C)C(=O)NCC(=O)NC(CO)C(=O)O. The van der Waals surface area contributed by atoms with E-state index in [0.717, 1.165) is 0 Å². The van der Waals surface area contributed by atoms with Gasteiger partial charge in [0.2, 0.25) is 17.7 Å². The molecule has 3 unspecified atom stereocenters. The van der Waals surface area contributed by atoms with Crippen LogP contribution in [0.4, 0.5) is 0 Å². The van der Waals surface area contributed by atoms with Gasteiger partial charge in [-0.05, 0) is 24.3 Å². The molecular formula is C15H28N4O6S. The third kappa shape index (κ3) is 9.02. The van der Waals surface area contributed by atoms with E-state index < -0.39 is 55.0 Å². The van der Waals surface area contributed by atoms with Crippen LogP contribution in [0.5, 0.6) is 0 Å². The molecule has 0 spiro atoms. The topological polar surface area (TPSA) is 171 Å². The summed E-state index contributed by atoms with van der Waals surface area (Å²) in [6, 6.07) is -3.07. The maximum absolute atomic E-state index is 12.2. The molecule has 0 rings (SSSR count). The maximum atomic E-state index is 12.2. The van der Waals surface area contributed by atoms with Crippen molar-refractivity contribution in [1.82, 2.24) is 16.0 Å². The summed E-state index contributed by atoms with van der Waals surface area (Å²) >= 11 is 1.49. The van der Waals surface area contributed by atoms with Crippen LogP contribution in [0.25, 0.3) is 0 Å². The molecule has 3 atom stereocenters. The lowest BCUT2D eigenvalue weighted by Crippen LogP contribution is -2.54. The molecule has 3 amide bonds. The highest BCUT2D eigenvalue weighted by molar-refractivity contribution is 7.98. The molecular weight excluding hydrogens is 364 g/mol. The molecule has 0 fully saturated rings. The van der Waals surface area contributed by atoms with Gasteiger partial charge in [0.1, 0.15) is 12.1 Å². The van der Waals surface area contributed by atoms with E-state index in [9.17, 15) is 19.2 Å². The number of rotatable bonds is 12. The van der Waals surface area contributed by atoms with Gasteiger partial charge in [0.25, 0.3) is 0 Å². The van der Waals surface area contributed by atoms with Gasteiger partial charge in [-0.2, -0.15) is 11.8 Å². The van der Waals surface area contributed by atoms with E-state index in [1.807, 2.05) is 6.26 Å². The van der Waals surface area contributed by atoms with Crippen LogP contribution in [0.15, 0.2) is 0 Å². The number of aliphatic hydroxyl groups excluding tert-OH is 1. The number of nitrogens with one attached hydrogen (secondary N) is 3. The average Bonchev–Trinajstić information content (AvgIpc) is 2.59. The van der Waals surface area contributed by atoms with Gasteiger partial charge in [0.15, 0.2) is 0 Å². The molecule has 0 saturated heterocycles. The molecule has 0 heterocycles. The van der Waals surface area contributed by atoms with Gasteiger partial charge >= 0.3 is 5.97 Å². The predicted molar refractivity (Wildman–Crippen MR) is 97.4 cm³/mol. The number of hydrogen-bond acceptors (Lipinski definition) is 7. The van der Waals surface area contributed by atoms with Gasteiger partial charge in [0.05, 0.1) is 19.2 Å². The lowest BCUT2D eigenvalue weighted by atomic mass is 10.0. The van der Waals surface area contributed by atoms with E-state index in [-0.39, 0.29) is 5.92 Å². The summed E-state index contributed by atoms with van der Waals surface area (Å²) in [5.74, 6) is -2.69. The van der Waals surface area contributed by atoms with Crippen molar-refractivity contribution in [2.45, 2.75) is 38.4 Å². The lowest BCUT2D eigenvalue weighted by molar-refractivity contribution is -0.142. The number of carbonyl (C=O) groups is 4. The van der Waals surface area contributed by atoms with Crippen molar-refractivity contribution in [2.75, 3.05) is 25.2 Å². The first-order valence-corrected chi connectivity index (χ1v) is 9.49. The Hall–Kier alpha value is -1.85. The van der Waals surface area contributed by atoms with Crippen LogP contribution in [0, 0.1) is 5.92 Å². The van der Waals surface area contributed by atoms with E-state index in [1.54, 1.807) is 13.8 Å². The highest BCUT2D eigenvalue weighted by Crippen LogP contribution is 2.04. The lowest BCUT2D eigenvalue weighted by Gasteiger charge is -2.22. The molecule has 0 aliphatic rings. The van der Waals surface area contributed by atoms with Crippen LogP contribution in [-0.4, -0.2) is 77.2 Å². The molecule has 0 saturated carbocycles. The normalized spacial score (nSPS) is 14.2. The summed E-state index contributed by atoms with van der Waals surface area (Å²) in [6.07, 6.45) is 2.20. The Kier molecular flexibility index (Phi) is 11.6. The third-order valence-electron chi connectivity index (χ3n) is 3.50. The van der Waals surface area contributed by atoms with Crippen LogP contribution < -0.4 is 21.7 Å². The second-order valence-electron chi connectivity index (χ2n) is 5.97. The van der Waals surface area contributed by atoms with Crippen molar-refractivity contribution in [3.8, 4) is 0 Å². The minimum atomic E-state index is -1.45. The third-order valence-corrected chi connectivity index (χ3v) is 4.15. The molecule has 26 heavy (non-hydrogen) atoms. The number of carboxylic acid groups (broad SMARTS) is 1. The molecule has 0 aliphatic carbocycles. The van der Waals surface area contributed by atoms with E-state index in [2.05, 4.69) is 16.0 Å².